The van der Waals surface area contributed by atoms with Crippen LogP contribution >= 0.6 is 0 Å². The molecule has 1 N–H and O–H groups in total. The molecule has 21 heavy (non-hydrogen) atoms. The van der Waals surface area contributed by atoms with Crippen molar-refractivity contribution >= 4 is 5.69 Å². The first-order chi connectivity index (χ1) is 9.86. The normalized spacial score (nSPS) is 13.0. The smallest absolute Gasteiger partial charge is 0.146 e. The number of nitrogens with one attached hydrogen (secondary N) is 1. The van der Waals surface area contributed by atoms with Gasteiger partial charge in [-0.25, -0.2) is 4.39 Å². The Bertz CT molecular complexity index is 419. The molecule has 0 aliphatic carbocycles. The molecule has 0 radical (unpaired) electrons. The lowest BCUT2D eigenvalue weighted by molar-refractivity contribution is 0.526. The summed E-state index contributed by atoms with van der Waals surface area (Å²) >= 11 is 0. The van der Waals surface area contributed by atoms with E-state index in [9.17, 15) is 4.39 Å². The van der Waals surface area contributed by atoms with E-state index >= 15 is 0 Å². The first-order valence-electron chi connectivity index (χ1n) is 8.13. The van der Waals surface area contributed by atoms with Crippen LogP contribution in [0.3, 0.4) is 0 Å². The highest BCUT2D eigenvalue weighted by Crippen LogP contribution is 2.30. The largest absolute Gasteiger partial charge is 0.368 e. The molecular formula is C18H31FN2. The zero-order valence-corrected chi connectivity index (χ0v) is 14.4. The molecule has 0 aliphatic heterocycles. The second-order valence-electron chi connectivity index (χ2n) is 6.65. The summed E-state index contributed by atoms with van der Waals surface area (Å²) in [6.07, 6.45) is 0. The highest BCUT2D eigenvalue weighted by molar-refractivity contribution is 5.56. The van der Waals surface area contributed by atoms with Crippen molar-refractivity contribution in [2.24, 2.45) is 11.8 Å². The number of para-hydroxylation sites is 1. The van der Waals surface area contributed by atoms with Gasteiger partial charge in [-0.2, -0.15) is 0 Å². The van der Waals surface area contributed by atoms with E-state index in [1.807, 2.05) is 12.1 Å². The molecule has 1 aromatic rings. The lowest BCUT2D eigenvalue weighted by atomic mass is 10.0. The van der Waals surface area contributed by atoms with Gasteiger partial charge in [0.2, 0.25) is 0 Å². The first kappa shape index (κ1) is 18.0. The van der Waals surface area contributed by atoms with Crippen molar-refractivity contribution in [1.82, 2.24) is 5.32 Å². The third-order valence-corrected chi connectivity index (χ3v) is 3.48. The number of nitrogens with zero attached hydrogens (tertiary/aromatic N) is 1. The second-order valence-corrected chi connectivity index (χ2v) is 6.65. The van der Waals surface area contributed by atoms with Crippen molar-refractivity contribution in [1.29, 1.82) is 0 Å². The van der Waals surface area contributed by atoms with Gasteiger partial charge in [0, 0.05) is 19.1 Å². The molecule has 0 saturated carbocycles. The third kappa shape index (κ3) is 5.31. The van der Waals surface area contributed by atoms with Crippen LogP contribution in [0.2, 0.25) is 0 Å². The van der Waals surface area contributed by atoms with Crippen molar-refractivity contribution in [2.45, 2.75) is 47.6 Å². The number of hydrogen-bond acceptors (Lipinski definition) is 2. The first-order valence-corrected chi connectivity index (χ1v) is 8.13. The summed E-state index contributed by atoms with van der Waals surface area (Å²) in [5.41, 5.74) is 1.83. The molecule has 0 heterocycles. The van der Waals surface area contributed by atoms with Gasteiger partial charge in [-0.05, 0) is 36.9 Å². The lowest BCUT2D eigenvalue weighted by Crippen LogP contribution is -2.34. The van der Waals surface area contributed by atoms with Crippen LogP contribution in [0.5, 0.6) is 0 Å². The van der Waals surface area contributed by atoms with Gasteiger partial charge in [-0.3, -0.25) is 0 Å². The zero-order chi connectivity index (χ0) is 16.0. The average molecular weight is 294 g/mol. The predicted molar refractivity (Wildman–Crippen MR) is 90.4 cm³/mol. The summed E-state index contributed by atoms with van der Waals surface area (Å²) in [5.74, 6) is 0.898. The minimum atomic E-state index is -0.112. The molecule has 1 atom stereocenters. The van der Waals surface area contributed by atoms with Gasteiger partial charge in [-0.15, -0.1) is 0 Å². The molecule has 0 fully saturated rings. The minimum Gasteiger partial charge on any atom is -0.368 e. The number of halogens is 1. The van der Waals surface area contributed by atoms with Gasteiger partial charge in [0.05, 0.1) is 5.69 Å². The standard InChI is InChI=1S/C18H31FN2/c1-7-20-15(6)16-9-8-10-17(19)18(16)21(11-13(2)3)12-14(4)5/h8-10,13-15,20H,7,11-12H2,1-6H3. The maximum Gasteiger partial charge on any atom is 0.146 e. The van der Waals surface area contributed by atoms with E-state index in [-0.39, 0.29) is 11.9 Å². The Labute approximate surface area is 129 Å². The highest BCUT2D eigenvalue weighted by Gasteiger charge is 2.20. The molecule has 3 heteroatoms. The van der Waals surface area contributed by atoms with E-state index < -0.39 is 0 Å². The molecule has 0 spiro atoms. The molecule has 1 unspecified atom stereocenters. The van der Waals surface area contributed by atoms with Crippen LogP contribution in [-0.4, -0.2) is 19.6 Å². The summed E-state index contributed by atoms with van der Waals surface area (Å²) in [6, 6.07) is 5.58. The predicted octanol–water partition coefficient (Wildman–Crippen LogP) is 4.61. The molecule has 1 rings (SSSR count). The lowest BCUT2D eigenvalue weighted by Gasteiger charge is -2.32. The second kappa shape index (κ2) is 8.38. The summed E-state index contributed by atoms with van der Waals surface area (Å²) in [7, 11) is 0. The number of rotatable bonds is 8. The molecule has 1 aromatic carbocycles. The minimum absolute atomic E-state index is 0.112. The van der Waals surface area contributed by atoms with Crippen LogP contribution in [0, 0.1) is 17.7 Å². The molecule has 0 saturated heterocycles. The van der Waals surface area contributed by atoms with E-state index in [0.717, 1.165) is 30.9 Å². The Morgan fingerprint density at radius 2 is 1.62 bits per heavy atom. The van der Waals surface area contributed by atoms with Crippen LogP contribution in [0.4, 0.5) is 10.1 Å². The quantitative estimate of drug-likeness (QED) is 0.753. The van der Waals surface area contributed by atoms with Gasteiger partial charge in [0.25, 0.3) is 0 Å². The Morgan fingerprint density at radius 1 is 1.05 bits per heavy atom. The fourth-order valence-electron chi connectivity index (χ4n) is 2.77. The zero-order valence-electron chi connectivity index (χ0n) is 14.4. The topological polar surface area (TPSA) is 15.3 Å². The van der Waals surface area contributed by atoms with E-state index in [0.29, 0.717) is 11.8 Å². The van der Waals surface area contributed by atoms with Crippen LogP contribution in [-0.2, 0) is 0 Å². The third-order valence-electron chi connectivity index (χ3n) is 3.48. The molecule has 0 amide bonds. The van der Waals surface area contributed by atoms with Gasteiger partial charge < -0.3 is 10.2 Å². The van der Waals surface area contributed by atoms with E-state index in [1.165, 1.54) is 0 Å². The summed E-state index contributed by atoms with van der Waals surface area (Å²) < 4.78 is 14.5. The Morgan fingerprint density at radius 3 is 2.10 bits per heavy atom. The molecule has 0 aromatic heterocycles. The van der Waals surface area contributed by atoms with Crippen molar-refractivity contribution in [3.05, 3.63) is 29.6 Å². The van der Waals surface area contributed by atoms with Gasteiger partial charge in [0.15, 0.2) is 0 Å². The van der Waals surface area contributed by atoms with Gasteiger partial charge in [0.1, 0.15) is 5.82 Å². The molecule has 2 nitrogen and oxygen atoms in total. The van der Waals surface area contributed by atoms with Gasteiger partial charge >= 0.3 is 0 Å². The molecule has 0 bridgehead atoms. The van der Waals surface area contributed by atoms with Crippen molar-refractivity contribution < 1.29 is 4.39 Å². The van der Waals surface area contributed by atoms with Crippen molar-refractivity contribution in [3.8, 4) is 0 Å². The maximum atomic E-state index is 14.5. The summed E-state index contributed by atoms with van der Waals surface area (Å²) in [6.45, 7) is 15.5. The number of hydrogen-bond donors (Lipinski definition) is 1. The number of benzene rings is 1. The van der Waals surface area contributed by atoms with Crippen LogP contribution < -0.4 is 10.2 Å². The maximum absolute atomic E-state index is 14.5. The molecular weight excluding hydrogens is 263 g/mol. The van der Waals surface area contributed by atoms with E-state index in [2.05, 4.69) is 51.8 Å². The van der Waals surface area contributed by atoms with Crippen LogP contribution in [0.1, 0.15) is 53.1 Å². The fraction of sp³-hybridized carbons (Fsp3) is 0.667. The summed E-state index contributed by atoms with van der Waals surface area (Å²) in [4.78, 5) is 2.22. The Kier molecular flexibility index (Phi) is 7.16. The van der Waals surface area contributed by atoms with Crippen molar-refractivity contribution in [2.75, 3.05) is 24.5 Å². The highest BCUT2D eigenvalue weighted by atomic mass is 19.1. The Hall–Kier alpha value is -1.09. The summed E-state index contributed by atoms with van der Waals surface area (Å²) in [5, 5.41) is 3.40. The van der Waals surface area contributed by atoms with Gasteiger partial charge in [-0.1, -0.05) is 46.8 Å². The molecule has 120 valence electrons. The van der Waals surface area contributed by atoms with Crippen LogP contribution in [0.15, 0.2) is 18.2 Å². The monoisotopic (exact) mass is 294 g/mol. The van der Waals surface area contributed by atoms with E-state index in [1.54, 1.807) is 6.07 Å². The molecule has 0 aliphatic rings. The fourth-order valence-corrected chi connectivity index (χ4v) is 2.77. The van der Waals surface area contributed by atoms with Crippen LogP contribution in [0.25, 0.3) is 0 Å². The number of anilines is 1. The van der Waals surface area contributed by atoms with Crippen molar-refractivity contribution in [3.63, 3.8) is 0 Å². The average Bonchev–Trinajstić information content (AvgIpc) is 2.36. The Balaban J connectivity index is 3.21. The van der Waals surface area contributed by atoms with E-state index in [4.69, 9.17) is 0 Å². The SMILES string of the molecule is CCNC(C)c1cccc(F)c1N(CC(C)C)CC(C)C.